The van der Waals surface area contributed by atoms with Crippen LogP contribution in [0.25, 0.3) is 21.3 Å². The summed E-state index contributed by atoms with van der Waals surface area (Å²) in [5, 5.41) is 3.14. The summed E-state index contributed by atoms with van der Waals surface area (Å²) in [5.41, 5.74) is 11.5. The van der Waals surface area contributed by atoms with Gasteiger partial charge in [0.2, 0.25) is 0 Å². The van der Waals surface area contributed by atoms with E-state index in [1.54, 1.807) is 11.3 Å². The minimum absolute atomic E-state index is 0.108. The molecule has 5 aromatic rings. The highest BCUT2D eigenvalue weighted by Crippen LogP contribution is 2.38. The zero-order valence-corrected chi connectivity index (χ0v) is 23.9. The number of nitrogens with zero attached hydrogens (tertiary/aromatic N) is 3. The zero-order valence-electron chi connectivity index (χ0n) is 23.1. The van der Waals surface area contributed by atoms with Crippen LogP contribution >= 0.6 is 11.3 Å². The summed E-state index contributed by atoms with van der Waals surface area (Å²) in [6.45, 7) is 7.79. The van der Waals surface area contributed by atoms with Crippen molar-refractivity contribution in [3.63, 3.8) is 0 Å². The van der Waals surface area contributed by atoms with E-state index in [2.05, 4.69) is 101 Å². The third-order valence-corrected chi connectivity index (χ3v) is 8.59. The van der Waals surface area contributed by atoms with Gasteiger partial charge in [0, 0.05) is 54.4 Å². The molecule has 6 heteroatoms. The van der Waals surface area contributed by atoms with E-state index in [1.807, 2.05) is 23.7 Å². The Morgan fingerprint density at radius 2 is 1.77 bits per heavy atom. The second-order valence-electron chi connectivity index (χ2n) is 10.2. The van der Waals surface area contributed by atoms with Gasteiger partial charge in [0.15, 0.2) is 0 Å². The number of anilines is 3. The minimum Gasteiger partial charge on any atom is -0.372 e. The van der Waals surface area contributed by atoms with Crippen LogP contribution in [0.4, 0.5) is 17.1 Å². The molecule has 202 valence electrons. The largest absolute Gasteiger partial charge is 0.372 e. The number of hydrogen-bond donors (Lipinski definition) is 1. The average Bonchev–Trinajstić information content (AvgIpc) is 3.46. The molecular formula is C34H34N4OS. The van der Waals surface area contributed by atoms with E-state index in [0.29, 0.717) is 5.56 Å². The number of rotatable bonds is 8. The van der Waals surface area contributed by atoms with E-state index in [-0.39, 0.29) is 5.91 Å². The quantitative estimate of drug-likeness (QED) is 0.214. The second kappa shape index (κ2) is 11.5. The number of hydrogen-bond acceptors (Lipinski definition) is 5. The summed E-state index contributed by atoms with van der Waals surface area (Å²) >= 11 is 1.60. The number of thiazole rings is 1. The molecule has 0 radical (unpaired) electrons. The van der Waals surface area contributed by atoms with Gasteiger partial charge < -0.3 is 15.1 Å². The Labute approximate surface area is 240 Å². The summed E-state index contributed by atoms with van der Waals surface area (Å²) in [6.07, 6.45) is 2.23. The van der Waals surface area contributed by atoms with Crippen LogP contribution in [0.3, 0.4) is 0 Å². The summed E-state index contributed by atoms with van der Waals surface area (Å²) in [7, 11) is 0. The zero-order chi connectivity index (χ0) is 27.5. The van der Waals surface area contributed by atoms with Crippen molar-refractivity contribution in [3.05, 3.63) is 107 Å². The summed E-state index contributed by atoms with van der Waals surface area (Å²) in [4.78, 5) is 23.0. The average molecular weight is 547 g/mol. The molecule has 0 atom stereocenters. The molecule has 40 heavy (non-hydrogen) atoms. The molecule has 0 bridgehead atoms. The SMILES string of the molecule is CCN(CC)c1cc(C(=O)Nc2ccc3scnc3c2)cc(CN2CCCc3ccccc32)c1-c1ccccc1. The molecule has 5 nitrogen and oxygen atoms in total. The van der Waals surface area contributed by atoms with Gasteiger partial charge in [0.25, 0.3) is 5.91 Å². The highest BCUT2D eigenvalue weighted by atomic mass is 32.1. The van der Waals surface area contributed by atoms with Gasteiger partial charge in [-0.15, -0.1) is 11.3 Å². The molecule has 4 aromatic carbocycles. The second-order valence-corrected chi connectivity index (χ2v) is 11.1. The topological polar surface area (TPSA) is 48.5 Å². The maximum absolute atomic E-state index is 13.8. The third kappa shape index (κ3) is 5.19. The first-order valence-corrected chi connectivity index (χ1v) is 15.0. The van der Waals surface area contributed by atoms with Gasteiger partial charge in [-0.05, 0) is 79.8 Å². The first-order chi connectivity index (χ1) is 19.6. The molecule has 0 fully saturated rings. The predicted molar refractivity (Wildman–Crippen MR) is 169 cm³/mol. The van der Waals surface area contributed by atoms with Crippen LogP contribution in [0.2, 0.25) is 0 Å². The van der Waals surface area contributed by atoms with Crippen LogP contribution in [0.5, 0.6) is 0 Å². The van der Waals surface area contributed by atoms with Crippen LogP contribution in [-0.4, -0.2) is 30.5 Å². The van der Waals surface area contributed by atoms with Gasteiger partial charge in [0.1, 0.15) is 0 Å². The van der Waals surface area contributed by atoms with E-state index < -0.39 is 0 Å². The number of amides is 1. The van der Waals surface area contributed by atoms with Crippen molar-refractivity contribution in [2.75, 3.05) is 34.8 Å². The van der Waals surface area contributed by atoms with Gasteiger partial charge in [-0.3, -0.25) is 4.79 Å². The molecule has 6 rings (SSSR count). The van der Waals surface area contributed by atoms with Gasteiger partial charge in [0.05, 0.1) is 15.7 Å². The fourth-order valence-corrected chi connectivity index (χ4v) is 6.47. The third-order valence-electron chi connectivity index (χ3n) is 7.78. The number of nitrogens with one attached hydrogen (secondary N) is 1. The molecule has 0 aliphatic carbocycles. The summed E-state index contributed by atoms with van der Waals surface area (Å²) < 4.78 is 1.11. The Morgan fingerprint density at radius 1 is 0.975 bits per heavy atom. The molecular weight excluding hydrogens is 512 g/mol. The number of carbonyl (C=O) groups is 1. The maximum atomic E-state index is 13.8. The number of aryl methyl sites for hydroxylation is 1. The lowest BCUT2D eigenvalue weighted by Crippen LogP contribution is -2.30. The van der Waals surface area contributed by atoms with Crippen molar-refractivity contribution in [1.29, 1.82) is 0 Å². The molecule has 1 aliphatic rings. The molecule has 2 heterocycles. The monoisotopic (exact) mass is 546 g/mol. The van der Waals surface area contributed by atoms with Crippen molar-refractivity contribution in [2.45, 2.75) is 33.2 Å². The van der Waals surface area contributed by atoms with Crippen LogP contribution in [-0.2, 0) is 13.0 Å². The van der Waals surface area contributed by atoms with Crippen LogP contribution < -0.4 is 15.1 Å². The first-order valence-electron chi connectivity index (χ1n) is 14.1. The molecule has 1 N–H and O–H groups in total. The van der Waals surface area contributed by atoms with Crippen molar-refractivity contribution in [3.8, 4) is 11.1 Å². The lowest BCUT2D eigenvalue weighted by Gasteiger charge is -2.33. The highest BCUT2D eigenvalue weighted by Gasteiger charge is 2.23. The Hall–Kier alpha value is -4.16. The number of para-hydroxylation sites is 1. The Bertz CT molecular complexity index is 1640. The minimum atomic E-state index is -0.108. The lowest BCUT2D eigenvalue weighted by atomic mass is 9.92. The van der Waals surface area contributed by atoms with E-state index >= 15 is 0 Å². The molecule has 0 spiro atoms. The molecule has 0 saturated carbocycles. The standard InChI is InChI=1S/C34H34N4OS/c1-3-37(4-2)31-20-26(34(39)36-28-16-17-32-29(21-28)35-23-40-32)19-27(33(31)25-12-6-5-7-13-25)22-38-18-10-14-24-11-8-9-15-30(24)38/h5-9,11-13,15-17,19-21,23H,3-4,10,14,18,22H2,1-2H3,(H,36,39). The van der Waals surface area contributed by atoms with Crippen LogP contribution in [0, 0.1) is 0 Å². The molecule has 0 saturated heterocycles. The summed E-state index contributed by atoms with van der Waals surface area (Å²) in [5.74, 6) is -0.108. The van der Waals surface area contributed by atoms with Gasteiger partial charge in [-0.2, -0.15) is 0 Å². The molecule has 0 unspecified atom stereocenters. The van der Waals surface area contributed by atoms with Crippen molar-refractivity contribution < 1.29 is 4.79 Å². The first kappa shape index (κ1) is 26.1. The van der Waals surface area contributed by atoms with Gasteiger partial charge in [-0.1, -0.05) is 48.5 Å². The number of aromatic nitrogens is 1. The Morgan fingerprint density at radius 3 is 2.60 bits per heavy atom. The van der Waals surface area contributed by atoms with Crippen LogP contribution in [0.1, 0.15) is 41.8 Å². The molecule has 1 aliphatic heterocycles. The van der Waals surface area contributed by atoms with Gasteiger partial charge in [-0.25, -0.2) is 4.98 Å². The van der Waals surface area contributed by atoms with E-state index in [9.17, 15) is 4.79 Å². The van der Waals surface area contributed by atoms with Crippen molar-refractivity contribution in [1.82, 2.24) is 4.98 Å². The highest BCUT2D eigenvalue weighted by molar-refractivity contribution is 7.16. The number of benzene rings is 4. The molecule has 1 aromatic heterocycles. The van der Waals surface area contributed by atoms with Crippen molar-refractivity contribution >= 4 is 44.5 Å². The number of carbonyl (C=O) groups excluding carboxylic acids is 1. The van der Waals surface area contributed by atoms with E-state index in [4.69, 9.17) is 0 Å². The van der Waals surface area contributed by atoms with Gasteiger partial charge >= 0.3 is 0 Å². The Kier molecular flexibility index (Phi) is 7.51. The fraction of sp³-hybridized carbons (Fsp3) is 0.235. The van der Waals surface area contributed by atoms with Crippen molar-refractivity contribution in [2.24, 2.45) is 0 Å². The fourth-order valence-electron chi connectivity index (χ4n) is 5.81. The lowest BCUT2D eigenvalue weighted by molar-refractivity contribution is 0.102. The van der Waals surface area contributed by atoms with E-state index in [1.165, 1.54) is 22.4 Å². The Balaban J connectivity index is 1.46. The normalized spacial score (nSPS) is 12.8. The predicted octanol–water partition coefficient (Wildman–Crippen LogP) is 8.01. The smallest absolute Gasteiger partial charge is 0.255 e. The molecule has 1 amide bonds. The maximum Gasteiger partial charge on any atom is 0.255 e. The van der Waals surface area contributed by atoms with Crippen LogP contribution in [0.15, 0.2) is 90.4 Å². The summed E-state index contributed by atoms with van der Waals surface area (Å²) in [6, 6.07) is 29.4. The number of fused-ring (bicyclic) bond motifs is 2. The van der Waals surface area contributed by atoms with E-state index in [0.717, 1.165) is 66.2 Å².